The summed E-state index contributed by atoms with van der Waals surface area (Å²) in [5, 5.41) is 3.43. The molecule has 0 radical (unpaired) electrons. The lowest BCUT2D eigenvalue weighted by Crippen LogP contribution is -2.04. The Morgan fingerprint density at radius 3 is 2.29 bits per heavy atom. The number of anilines is 1. The molecule has 0 unspecified atom stereocenters. The van der Waals surface area contributed by atoms with E-state index in [0.29, 0.717) is 0 Å². The van der Waals surface area contributed by atoms with Crippen molar-refractivity contribution in [3.8, 4) is 0 Å². The maximum Gasteiger partial charge on any atom is 0.0340 e. The van der Waals surface area contributed by atoms with E-state index >= 15 is 0 Å². The minimum atomic E-state index is 0.775. The van der Waals surface area contributed by atoms with Gasteiger partial charge in [0, 0.05) is 12.2 Å². The standard InChI is InChI=1S/C13H21N/c1-4-12-5-7-13(8-6-12)14-10-9-11(2)3/h5-8,11,14H,4,9-10H2,1-3H3. The van der Waals surface area contributed by atoms with Crippen LogP contribution in [0.5, 0.6) is 0 Å². The summed E-state index contributed by atoms with van der Waals surface area (Å²) < 4.78 is 0. The Balaban J connectivity index is 2.36. The van der Waals surface area contributed by atoms with Crippen LogP contribution in [-0.2, 0) is 6.42 Å². The van der Waals surface area contributed by atoms with Crippen LogP contribution in [0.25, 0.3) is 0 Å². The van der Waals surface area contributed by atoms with Crippen LogP contribution >= 0.6 is 0 Å². The Morgan fingerprint density at radius 2 is 1.79 bits per heavy atom. The minimum Gasteiger partial charge on any atom is -0.385 e. The first-order chi connectivity index (χ1) is 6.72. The van der Waals surface area contributed by atoms with Gasteiger partial charge in [-0.25, -0.2) is 0 Å². The smallest absolute Gasteiger partial charge is 0.0340 e. The average molecular weight is 191 g/mol. The molecule has 1 N–H and O–H groups in total. The molecule has 0 aliphatic carbocycles. The minimum absolute atomic E-state index is 0.775. The average Bonchev–Trinajstić information content (AvgIpc) is 2.18. The van der Waals surface area contributed by atoms with Crippen LogP contribution in [0.15, 0.2) is 24.3 Å². The Morgan fingerprint density at radius 1 is 1.14 bits per heavy atom. The summed E-state index contributed by atoms with van der Waals surface area (Å²) in [5.41, 5.74) is 2.64. The van der Waals surface area contributed by atoms with Crippen LogP contribution in [0.2, 0.25) is 0 Å². The van der Waals surface area contributed by atoms with E-state index in [9.17, 15) is 0 Å². The molecular weight excluding hydrogens is 170 g/mol. The number of nitrogens with one attached hydrogen (secondary N) is 1. The second-order valence-corrected chi connectivity index (χ2v) is 4.16. The number of aryl methyl sites for hydroxylation is 1. The van der Waals surface area contributed by atoms with Gasteiger partial charge in [-0.1, -0.05) is 32.9 Å². The van der Waals surface area contributed by atoms with E-state index in [4.69, 9.17) is 0 Å². The Hall–Kier alpha value is -0.980. The fourth-order valence-corrected chi connectivity index (χ4v) is 1.36. The monoisotopic (exact) mass is 191 g/mol. The second kappa shape index (κ2) is 5.69. The predicted molar refractivity (Wildman–Crippen MR) is 63.8 cm³/mol. The first-order valence-corrected chi connectivity index (χ1v) is 5.55. The quantitative estimate of drug-likeness (QED) is 0.748. The summed E-state index contributed by atoms with van der Waals surface area (Å²) >= 11 is 0. The zero-order valence-corrected chi connectivity index (χ0v) is 9.51. The molecule has 1 aromatic rings. The molecule has 0 fully saturated rings. The first-order valence-electron chi connectivity index (χ1n) is 5.55. The summed E-state index contributed by atoms with van der Waals surface area (Å²) in [7, 11) is 0. The van der Waals surface area contributed by atoms with E-state index in [2.05, 4.69) is 50.4 Å². The van der Waals surface area contributed by atoms with Gasteiger partial charge in [0.05, 0.1) is 0 Å². The lowest BCUT2D eigenvalue weighted by molar-refractivity contribution is 0.607. The third kappa shape index (κ3) is 3.82. The van der Waals surface area contributed by atoms with Crippen molar-refractivity contribution in [3.05, 3.63) is 29.8 Å². The third-order valence-corrected chi connectivity index (χ3v) is 2.41. The topological polar surface area (TPSA) is 12.0 Å². The summed E-state index contributed by atoms with van der Waals surface area (Å²) in [6.07, 6.45) is 2.35. The van der Waals surface area contributed by atoms with Crippen molar-refractivity contribution in [2.24, 2.45) is 5.92 Å². The van der Waals surface area contributed by atoms with Crippen LogP contribution in [0.1, 0.15) is 32.8 Å². The van der Waals surface area contributed by atoms with Crippen LogP contribution in [0.4, 0.5) is 5.69 Å². The van der Waals surface area contributed by atoms with Gasteiger partial charge in [-0.3, -0.25) is 0 Å². The lowest BCUT2D eigenvalue weighted by Gasteiger charge is -2.08. The van der Waals surface area contributed by atoms with Crippen molar-refractivity contribution < 1.29 is 0 Å². The van der Waals surface area contributed by atoms with Gasteiger partial charge in [0.1, 0.15) is 0 Å². The largest absolute Gasteiger partial charge is 0.385 e. The molecule has 0 saturated carbocycles. The second-order valence-electron chi connectivity index (χ2n) is 4.16. The molecule has 0 atom stereocenters. The molecular formula is C13H21N. The van der Waals surface area contributed by atoms with Crippen molar-refractivity contribution in [1.29, 1.82) is 0 Å². The highest BCUT2D eigenvalue weighted by Crippen LogP contribution is 2.10. The molecule has 1 aromatic carbocycles. The summed E-state index contributed by atoms with van der Waals surface area (Å²) in [4.78, 5) is 0. The Bertz CT molecular complexity index is 248. The fourth-order valence-electron chi connectivity index (χ4n) is 1.36. The highest BCUT2D eigenvalue weighted by molar-refractivity contribution is 5.44. The van der Waals surface area contributed by atoms with Gasteiger partial charge < -0.3 is 5.32 Å². The Kier molecular flexibility index (Phi) is 4.51. The molecule has 0 aliphatic heterocycles. The summed E-state index contributed by atoms with van der Waals surface area (Å²) in [6, 6.07) is 8.72. The van der Waals surface area contributed by atoms with E-state index in [1.807, 2.05) is 0 Å². The number of hydrogen-bond acceptors (Lipinski definition) is 1. The van der Waals surface area contributed by atoms with Crippen LogP contribution in [0, 0.1) is 5.92 Å². The molecule has 0 saturated heterocycles. The predicted octanol–water partition coefficient (Wildman–Crippen LogP) is 3.71. The number of benzene rings is 1. The van der Waals surface area contributed by atoms with Crippen molar-refractivity contribution in [3.63, 3.8) is 0 Å². The van der Waals surface area contributed by atoms with Gasteiger partial charge in [0.2, 0.25) is 0 Å². The van der Waals surface area contributed by atoms with Gasteiger partial charge >= 0.3 is 0 Å². The molecule has 1 heteroatoms. The molecule has 0 bridgehead atoms. The van der Waals surface area contributed by atoms with Crippen molar-refractivity contribution in [1.82, 2.24) is 0 Å². The molecule has 0 spiro atoms. The first kappa shape index (κ1) is 11.1. The van der Waals surface area contributed by atoms with Crippen molar-refractivity contribution in [2.45, 2.75) is 33.6 Å². The Labute approximate surface area is 87.5 Å². The molecule has 0 amide bonds. The van der Waals surface area contributed by atoms with Gasteiger partial charge in [0.25, 0.3) is 0 Å². The van der Waals surface area contributed by atoms with E-state index in [-0.39, 0.29) is 0 Å². The van der Waals surface area contributed by atoms with Gasteiger partial charge in [-0.05, 0) is 36.5 Å². The maximum absolute atomic E-state index is 3.43. The lowest BCUT2D eigenvalue weighted by atomic mass is 10.1. The van der Waals surface area contributed by atoms with E-state index in [1.165, 1.54) is 17.7 Å². The molecule has 0 aliphatic rings. The molecule has 14 heavy (non-hydrogen) atoms. The molecule has 78 valence electrons. The van der Waals surface area contributed by atoms with Crippen LogP contribution in [0.3, 0.4) is 0 Å². The zero-order chi connectivity index (χ0) is 10.4. The maximum atomic E-state index is 3.43. The highest BCUT2D eigenvalue weighted by atomic mass is 14.9. The van der Waals surface area contributed by atoms with Crippen molar-refractivity contribution >= 4 is 5.69 Å². The fraction of sp³-hybridized carbons (Fsp3) is 0.538. The van der Waals surface area contributed by atoms with E-state index in [1.54, 1.807) is 0 Å². The molecule has 1 rings (SSSR count). The summed E-state index contributed by atoms with van der Waals surface area (Å²) in [5.74, 6) is 0.775. The van der Waals surface area contributed by atoms with Gasteiger partial charge in [-0.15, -0.1) is 0 Å². The molecule has 0 aromatic heterocycles. The van der Waals surface area contributed by atoms with E-state index in [0.717, 1.165) is 18.9 Å². The SMILES string of the molecule is CCc1ccc(NCCC(C)C)cc1. The summed E-state index contributed by atoms with van der Waals surface area (Å²) in [6.45, 7) is 7.76. The van der Waals surface area contributed by atoms with Crippen LogP contribution in [-0.4, -0.2) is 6.54 Å². The van der Waals surface area contributed by atoms with Gasteiger partial charge in [0.15, 0.2) is 0 Å². The number of hydrogen-bond donors (Lipinski definition) is 1. The van der Waals surface area contributed by atoms with Crippen LogP contribution < -0.4 is 5.32 Å². The molecule has 1 nitrogen and oxygen atoms in total. The number of rotatable bonds is 5. The zero-order valence-electron chi connectivity index (χ0n) is 9.51. The normalized spacial score (nSPS) is 10.6. The highest BCUT2D eigenvalue weighted by Gasteiger charge is 1.94. The molecule has 0 heterocycles. The van der Waals surface area contributed by atoms with Crippen molar-refractivity contribution in [2.75, 3.05) is 11.9 Å². The third-order valence-electron chi connectivity index (χ3n) is 2.41. The van der Waals surface area contributed by atoms with E-state index < -0.39 is 0 Å². The van der Waals surface area contributed by atoms with Gasteiger partial charge in [-0.2, -0.15) is 0 Å².